The fourth-order valence-electron chi connectivity index (χ4n) is 1.75. The predicted molar refractivity (Wildman–Crippen MR) is 81.1 cm³/mol. The van der Waals surface area contributed by atoms with E-state index in [1.807, 2.05) is 13.0 Å². The second-order valence-electron chi connectivity index (χ2n) is 4.35. The molecule has 0 aliphatic rings. The van der Waals surface area contributed by atoms with E-state index in [4.69, 9.17) is 28.9 Å². The van der Waals surface area contributed by atoms with Crippen LogP contribution in [-0.4, -0.2) is 15.7 Å². The minimum absolute atomic E-state index is 0.187. The number of nitrogens with zero attached hydrogens (tertiary/aromatic N) is 2. The number of carbonyl (C=O) groups is 1. The van der Waals surface area contributed by atoms with Crippen molar-refractivity contribution in [2.75, 3.05) is 11.1 Å². The van der Waals surface area contributed by atoms with E-state index in [-0.39, 0.29) is 12.3 Å². The third kappa shape index (κ3) is 3.43. The number of aromatic nitrogens is 2. The summed E-state index contributed by atoms with van der Waals surface area (Å²) in [4.78, 5) is 11.9. The van der Waals surface area contributed by atoms with Gasteiger partial charge in [0.15, 0.2) is 0 Å². The summed E-state index contributed by atoms with van der Waals surface area (Å²) in [5.74, 6) is -0.187. The Hall–Kier alpha value is -1.72. The Balaban J connectivity index is 2.00. The highest BCUT2D eigenvalue weighted by atomic mass is 35.5. The number of anilines is 2. The maximum absolute atomic E-state index is 11.9. The van der Waals surface area contributed by atoms with Crippen molar-refractivity contribution in [2.24, 2.45) is 0 Å². The maximum atomic E-state index is 11.9. The standard InChI is InChI=1S/C13H14Cl2N4O/c1-8-2-4-17-19(8)5-3-12(20)18-13-10(14)6-9(16)7-11(13)15/h2,4,6-7H,3,5,16H2,1H3,(H,18,20). The second kappa shape index (κ2) is 6.15. The molecule has 0 bridgehead atoms. The van der Waals surface area contributed by atoms with E-state index in [0.717, 1.165) is 5.69 Å². The number of rotatable bonds is 4. The van der Waals surface area contributed by atoms with Gasteiger partial charge in [0.05, 0.1) is 15.7 Å². The van der Waals surface area contributed by atoms with Gasteiger partial charge < -0.3 is 11.1 Å². The van der Waals surface area contributed by atoms with Crippen LogP contribution < -0.4 is 11.1 Å². The van der Waals surface area contributed by atoms with Crippen LogP contribution in [0.1, 0.15) is 12.1 Å². The number of nitrogens with one attached hydrogen (secondary N) is 1. The summed E-state index contributed by atoms with van der Waals surface area (Å²) >= 11 is 12.0. The van der Waals surface area contributed by atoms with Crippen molar-refractivity contribution in [2.45, 2.75) is 19.9 Å². The third-order valence-electron chi connectivity index (χ3n) is 2.81. The molecule has 0 unspecified atom stereocenters. The molecule has 0 saturated heterocycles. The molecule has 3 N–H and O–H groups in total. The average molecular weight is 313 g/mol. The lowest BCUT2D eigenvalue weighted by Crippen LogP contribution is -2.16. The van der Waals surface area contributed by atoms with Gasteiger partial charge in [0.25, 0.3) is 0 Å². The van der Waals surface area contributed by atoms with Crippen LogP contribution in [0.25, 0.3) is 0 Å². The number of nitrogens with two attached hydrogens (primary N) is 1. The molecule has 1 amide bonds. The predicted octanol–water partition coefficient (Wildman–Crippen LogP) is 3.11. The smallest absolute Gasteiger partial charge is 0.226 e. The van der Waals surface area contributed by atoms with Crippen molar-refractivity contribution in [1.82, 2.24) is 9.78 Å². The molecule has 1 aromatic heterocycles. The van der Waals surface area contributed by atoms with Gasteiger partial charge in [-0.2, -0.15) is 5.10 Å². The lowest BCUT2D eigenvalue weighted by Gasteiger charge is -2.10. The molecule has 0 aliphatic carbocycles. The fraction of sp³-hybridized carbons (Fsp3) is 0.231. The molecule has 1 heterocycles. The van der Waals surface area contributed by atoms with E-state index in [9.17, 15) is 4.79 Å². The Morgan fingerprint density at radius 1 is 1.40 bits per heavy atom. The zero-order chi connectivity index (χ0) is 14.7. The molecule has 1 aromatic carbocycles. The zero-order valence-corrected chi connectivity index (χ0v) is 12.4. The summed E-state index contributed by atoms with van der Waals surface area (Å²) in [7, 11) is 0. The van der Waals surface area contributed by atoms with Gasteiger partial charge in [0.2, 0.25) is 5.91 Å². The molecule has 0 saturated carbocycles. The van der Waals surface area contributed by atoms with Crippen LogP contribution in [0, 0.1) is 6.92 Å². The molecule has 0 aliphatic heterocycles. The lowest BCUT2D eigenvalue weighted by atomic mass is 10.2. The highest BCUT2D eigenvalue weighted by Gasteiger charge is 2.11. The second-order valence-corrected chi connectivity index (χ2v) is 5.17. The highest BCUT2D eigenvalue weighted by Crippen LogP contribution is 2.32. The molecule has 0 spiro atoms. The van der Waals surface area contributed by atoms with Crippen LogP contribution in [0.3, 0.4) is 0 Å². The van der Waals surface area contributed by atoms with Gasteiger partial charge in [-0.3, -0.25) is 9.48 Å². The molecule has 106 valence electrons. The number of nitrogen functional groups attached to an aromatic ring is 1. The number of hydrogen-bond donors (Lipinski definition) is 2. The summed E-state index contributed by atoms with van der Waals surface area (Å²) in [5.41, 5.74) is 7.44. The molecule has 2 aromatic rings. The SMILES string of the molecule is Cc1ccnn1CCC(=O)Nc1c(Cl)cc(N)cc1Cl. The number of aryl methyl sites for hydroxylation is 2. The van der Waals surface area contributed by atoms with E-state index in [2.05, 4.69) is 10.4 Å². The molecule has 0 fully saturated rings. The van der Waals surface area contributed by atoms with Crippen LogP contribution in [-0.2, 0) is 11.3 Å². The van der Waals surface area contributed by atoms with E-state index < -0.39 is 0 Å². The first-order chi connectivity index (χ1) is 9.47. The Labute approximate surface area is 126 Å². The van der Waals surface area contributed by atoms with Crippen molar-refractivity contribution in [1.29, 1.82) is 0 Å². The minimum Gasteiger partial charge on any atom is -0.399 e. The minimum atomic E-state index is -0.187. The molecule has 5 nitrogen and oxygen atoms in total. The normalized spacial score (nSPS) is 10.6. The van der Waals surface area contributed by atoms with E-state index in [1.54, 1.807) is 23.0 Å². The molecular formula is C13H14Cl2N4O. The lowest BCUT2D eigenvalue weighted by molar-refractivity contribution is -0.116. The van der Waals surface area contributed by atoms with Gasteiger partial charge in [0, 0.05) is 30.5 Å². The zero-order valence-electron chi connectivity index (χ0n) is 10.9. The van der Waals surface area contributed by atoms with Crippen molar-refractivity contribution >= 4 is 40.5 Å². The topological polar surface area (TPSA) is 72.9 Å². The monoisotopic (exact) mass is 312 g/mol. The first kappa shape index (κ1) is 14.7. The molecule has 0 radical (unpaired) electrons. The highest BCUT2D eigenvalue weighted by molar-refractivity contribution is 6.40. The largest absolute Gasteiger partial charge is 0.399 e. The third-order valence-corrected chi connectivity index (χ3v) is 3.40. The number of benzene rings is 1. The van der Waals surface area contributed by atoms with Crippen LogP contribution >= 0.6 is 23.2 Å². The number of carbonyl (C=O) groups excluding carboxylic acids is 1. The Morgan fingerprint density at radius 2 is 2.05 bits per heavy atom. The first-order valence-electron chi connectivity index (χ1n) is 6.00. The van der Waals surface area contributed by atoms with Crippen molar-refractivity contribution in [3.05, 3.63) is 40.1 Å². The van der Waals surface area contributed by atoms with Crippen LogP contribution in [0.4, 0.5) is 11.4 Å². The summed E-state index contributed by atoms with van der Waals surface area (Å²) in [5, 5.41) is 7.43. The van der Waals surface area contributed by atoms with E-state index in [1.165, 1.54) is 0 Å². The molecule has 2 rings (SSSR count). The molecule has 20 heavy (non-hydrogen) atoms. The van der Waals surface area contributed by atoms with Crippen molar-refractivity contribution in [3.63, 3.8) is 0 Å². The number of hydrogen-bond acceptors (Lipinski definition) is 3. The summed E-state index contributed by atoms with van der Waals surface area (Å²) in [6.45, 7) is 2.42. The van der Waals surface area contributed by atoms with Crippen LogP contribution in [0.5, 0.6) is 0 Å². The fourth-order valence-corrected chi connectivity index (χ4v) is 2.35. The van der Waals surface area contributed by atoms with Gasteiger partial charge in [-0.1, -0.05) is 23.2 Å². The summed E-state index contributed by atoms with van der Waals surface area (Å²) in [6, 6.07) is 4.97. The van der Waals surface area contributed by atoms with Gasteiger partial charge in [-0.25, -0.2) is 0 Å². The van der Waals surface area contributed by atoms with E-state index in [0.29, 0.717) is 28.0 Å². The van der Waals surface area contributed by atoms with Crippen molar-refractivity contribution < 1.29 is 4.79 Å². The molecular weight excluding hydrogens is 299 g/mol. The average Bonchev–Trinajstić information content (AvgIpc) is 2.77. The van der Waals surface area contributed by atoms with E-state index >= 15 is 0 Å². The summed E-state index contributed by atoms with van der Waals surface area (Å²) < 4.78 is 1.76. The number of amides is 1. The van der Waals surface area contributed by atoms with Gasteiger partial charge in [0.1, 0.15) is 0 Å². The Bertz CT molecular complexity index is 616. The van der Waals surface area contributed by atoms with Gasteiger partial charge in [-0.05, 0) is 25.1 Å². The first-order valence-corrected chi connectivity index (χ1v) is 6.75. The Kier molecular flexibility index (Phi) is 4.52. The van der Waals surface area contributed by atoms with Gasteiger partial charge >= 0.3 is 0 Å². The van der Waals surface area contributed by atoms with Crippen LogP contribution in [0.15, 0.2) is 24.4 Å². The Morgan fingerprint density at radius 3 is 2.60 bits per heavy atom. The number of halogens is 2. The summed E-state index contributed by atoms with van der Waals surface area (Å²) in [6.07, 6.45) is 1.97. The van der Waals surface area contributed by atoms with Crippen molar-refractivity contribution in [3.8, 4) is 0 Å². The van der Waals surface area contributed by atoms with Gasteiger partial charge in [-0.15, -0.1) is 0 Å². The molecule has 7 heteroatoms. The quantitative estimate of drug-likeness (QED) is 0.852. The maximum Gasteiger partial charge on any atom is 0.226 e. The van der Waals surface area contributed by atoms with Crippen LogP contribution in [0.2, 0.25) is 10.0 Å². The molecule has 0 atom stereocenters.